The molecule has 0 radical (unpaired) electrons. The highest BCUT2D eigenvalue weighted by atomic mass is 19.4. The van der Waals surface area contributed by atoms with Crippen molar-refractivity contribution in [3.05, 3.63) is 39.6 Å². The molecule has 0 saturated heterocycles. The van der Waals surface area contributed by atoms with E-state index in [1.54, 1.807) is 11.9 Å². The minimum atomic E-state index is -4.69. The van der Waals surface area contributed by atoms with Crippen molar-refractivity contribution in [2.24, 2.45) is 0 Å². The number of hydrogen-bond acceptors (Lipinski definition) is 4. The van der Waals surface area contributed by atoms with Crippen LogP contribution in [0.15, 0.2) is 16.9 Å². The fourth-order valence-corrected chi connectivity index (χ4v) is 1.39. The number of H-pyrrole nitrogens is 2. The van der Waals surface area contributed by atoms with Crippen LogP contribution in [0.3, 0.4) is 0 Å². The standard InChI is InChI=1S/C10H8F3N5O2/c1-4-14-9(18-17-4)16-8(20)5-2-3-6(10(11,12)13)15-7(5)19/h2-3H,1H3,(H,15,19)(H2,14,16,17,18,20). The Labute approximate surface area is 109 Å². The van der Waals surface area contributed by atoms with E-state index >= 15 is 0 Å². The van der Waals surface area contributed by atoms with Gasteiger partial charge in [-0.05, 0) is 19.1 Å². The summed E-state index contributed by atoms with van der Waals surface area (Å²) >= 11 is 0. The molecule has 3 N–H and O–H groups in total. The molecule has 1 amide bonds. The number of pyridine rings is 1. The first-order valence-corrected chi connectivity index (χ1v) is 5.28. The van der Waals surface area contributed by atoms with Crippen LogP contribution in [0.5, 0.6) is 0 Å². The van der Waals surface area contributed by atoms with Crippen LogP contribution in [-0.2, 0) is 6.18 Å². The Kier molecular flexibility index (Phi) is 3.30. The lowest BCUT2D eigenvalue weighted by atomic mass is 10.2. The molecule has 10 heteroatoms. The highest BCUT2D eigenvalue weighted by Gasteiger charge is 2.32. The first-order valence-electron chi connectivity index (χ1n) is 5.28. The SMILES string of the molecule is Cc1nc(NC(=O)c2ccc(C(F)(F)F)[nH]c2=O)n[nH]1. The topological polar surface area (TPSA) is 104 Å². The van der Waals surface area contributed by atoms with Crippen LogP contribution < -0.4 is 10.9 Å². The minimum Gasteiger partial charge on any atom is -0.318 e. The third-order valence-electron chi connectivity index (χ3n) is 2.28. The Morgan fingerprint density at radius 2 is 2.05 bits per heavy atom. The van der Waals surface area contributed by atoms with E-state index in [2.05, 4.69) is 20.5 Å². The van der Waals surface area contributed by atoms with Gasteiger partial charge >= 0.3 is 6.18 Å². The number of rotatable bonds is 2. The van der Waals surface area contributed by atoms with Crippen molar-refractivity contribution < 1.29 is 18.0 Å². The summed E-state index contributed by atoms with van der Waals surface area (Å²) in [5.41, 5.74) is -2.85. The van der Waals surface area contributed by atoms with Crippen molar-refractivity contribution in [3.63, 3.8) is 0 Å². The minimum absolute atomic E-state index is 0.0770. The number of nitrogens with one attached hydrogen (secondary N) is 3. The zero-order valence-electron chi connectivity index (χ0n) is 10.00. The van der Waals surface area contributed by atoms with Gasteiger partial charge in [0, 0.05) is 0 Å². The van der Waals surface area contributed by atoms with Crippen molar-refractivity contribution in [2.75, 3.05) is 5.32 Å². The summed E-state index contributed by atoms with van der Waals surface area (Å²) in [5.74, 6) is -0.549. The Morgan fingerprint density at radius 1 is 1.35 bits per heavy atom. The van der Waals surface area contributed by atoms with Crippen molar-refractivity contribution in [3.8, 4) is 0 Å². The van der Waals surface area contributed by atoms with Crippen LogP contribution in [0.1, 0.15) is 21.9 Å². The average molecular weight is 287 g/mol. The van der Waals surface area contributed by atoms with Gasteiger partial charge in [0.25, 0.3) is 11.5 Å². The molecule has 0 saturated carbocycles. The van der Waals surface area contributed by atoms with Gasteiger partial charge < -0.3 is 4.98 Å². The number of alkyl halides is 3. The molecule has 0 unspecified atom stereocenters. The molecule has 2 rings (SSSR count). The zero-order valence-corrected chi connectivity index (χ0v) is 10.00. The van der Waals surface area contributed by atoms with Gasteiger partial charge in [0.15, 0.2) is 0 Å². The quantitative estimate of drug-likeness (QED) is 0.768. The molecule has 0 aliphatic carbocycles. The van der Waals surface area contributed by atoms with Crippen LogP contribution >= 0.6 is 0 Å². The molecule has 2 aromatic heterocycles. The molecule has 2 heterocycles. The van der Waals surface area contributed by atoms with Gasteiger partial charge in [-0.25, -0.2) is 0 Å². The van der Waals surface area contributed by atoms with Crippen LogP contribution in [0, 0.1) is 6.92 Å². The second-order valence-electron chi connectivity index (χ2n) is 3.81. The van der Waals surface area contributed by atoms with E-state index in [4.69, 9.17) is 0 Å². The number of halogens is 3. The number of aromatic nitrogens is 4. The molecule has 20 heavy (non-hydrogen) atoms. The number of anilines is 1. The van der Waals surface area contributed by atoms with Gasteiger partial charge in [-0.1, -0.05) is 0 Å². The molecule has 106 valence electrons. The van der Waals surface area contributed by atoms with Gasteiger partial charge in [-0.3, -0.25) is 20.0 Å². The second kappa shape index (κ2) is 4.79. The average Bonchev–Trinajstić information content (AvgIpc) is 2.73. The fourth-order valence-electron chi connectivity index (χ4n) is 1.39. The van der Waals surface area contributed by atoms with Crippen LogP contribution in [-0.4, -0.2) is 26.1 Å². The summed E-state index contributed by atoms with van der Waals surface area (Å²) < 4.78 is 37.1. The lowest BCUT2D eigenvalue weighted by Gasteiger charge is -2.06. The van der Waals surface area contributed by atoms with E-state index in [0.717, 1.165) is 6.07 Å². The number of carbonyl (C=O) groups excluding carboxylic acids is 1. The monoisotopic (exact) mass is 287 g/mol. The van der Waals surface area contributed by atoms with Crippen LogP contribution in [0.4, 0.5) is 19.1 Å². The number of amides is 1. The predicted molar refractivity (Wildman–Crippen MR) is 61.1 cm³/mol. The maximum Gasteiger partial charge on any atom is 0.431 e. The molecule has 0 bridgehead atoms. The van der Waals surface area contributed by atoms with Gasteiger partial charge in [0.1, 0.15) is 17.1 Å². The summed E-state index contributed by atoms with van der Waals surface area (Å²) in [6, 6.07) is 1.40. The van der Waals surface area contributed by atoms with Crippen molar-refractivity contribution in [1.29, 1.82) is 0 Å². The summed E-state index contributed by atoms with van der Waals surface area (Å²) in [6.07, 6.45) is -4.69. The molecule has 0 spiro atoms. The van der Waals surface area contributed by atoms with Gasteiger partial charge in [0.2, 0.25) is 5.95 Å². The highest BCUT2D eigenvalue weighted by molar-refractivity contribution is 6.02. The maximum atomic E-state index is 12.4. The molecule has 0 aromatic carbocycles. The van der Waals surface area contributed by atoms with Gasteiger partial charge in [-0.15, -0.1) is 5.10 Å². The number of hydrogen-bond donors (Lipinski definition) is 3. The van der Waals surface area contributed by atoms with Crippen molar-refractivity contribution in [1.82, 2.24) is 20.2 Å². The van der Waals surface area contributed by atoms with E-state index in [9.17, 15) is 22.8 Å². The molecular weight excluding hydrogens is 279 g/mol. The molecule has 0 atom stereocenters. The third-order valence-corrected chi connectivity index (χ3v) is 2.28. The van der Waals surface area contributed by atoms with E-state index in [1.165, 1.54) is 0 Å². The number of aromatic amines is 2. The third kappa shape index (κ3) is 2.84. The Morgan fingerprint density at radius 3 is 2.55 bits per heavy atom. The Hall–Kier alpha value is -2.65. The van der Waals surface area contributed by atoms with Crippen LogP contribution in [0.2, 0.25) is 0 Å². The van der Waals surface area contributed by atoms with E-state index < -0.39 is 28.9 Å². The first kappa shape index (κ1) is 13.8. The normalized spacial score (nSPS) is 11.4. The van der Waals surface area contributed by atoms with Gasteiger partial charge in [0.05, 0.1) is 0 Å². The molecule has 0 aliphatic rings. The molecule has 0 fully saturated rings. The molecule has 0 aliphatic heterocycles. The molecular formula is C10H8F3N5O2. The second-order valence-corrected chi connectivity index (χ2v) is 3.81. The van der Waals surface area contributed by atoms with Crippen LogP contribution in [0.25, 0.3) is 0 Å². The number of aryl methyl sites for hydroxylation is 1. The number of nitrogens with zero attached hydrogens (tertiary/aromatic N) is 2. The molecule has 7 nitrogen and oxygen atoms in total. The lowest BCUT2D eigenvalue weighted by Crippen LogP contribution is -2.26. The summed E-state index contributed by atoms with van der Waals surface area (Å²) in [6.45, 7) is 1.59. The van der Waals surface area contributed by atoms with E-state index in [-0.39, 0.29) is 5.95 Å². The predicted octanol–water partition coefficient (Wildman–Crippen LogP) is 1.07. The maximum absolute atomic E-state index is 12.4. The summed E-state index contributed by atoms with van der Waals surface area (Å²) in [4.78, 5) is 28.5. The highest BCUT2D eigenvalue weighted by Crippen LogP contribution is 2.26. The Bertz CT molecular complexity index is 703. The molecule has 2 aromatic rings. The largest absolute Gasteiger partial charge is 0.431 e. The smallest absolute Gasteiger partial charge is 0.318 e. The van der Waals surface area contributed by atoms with E-state index in [1.807, 2.05) is 0 Å². The summed E-state index contributed by atoms with van der Waals surface area (Å²) in [5, 5.41) is 8.25. The number of carbonyl (C=O) groups is 1. The zero-order chi connectivity index (χ0) is 14.9. The van der Waals surface area contributed by atoms with Crippen molar-refractivity contribution in [2.45, 2.75) is 13.1 Å². The Balaban J connectivity index is 2.25. The van der Waals surface area contributed by atoms with Gasteiger partial charge in [-0.2, -0.15) is 18.2 Å². The fraction of sp³-hybridized carbons (Fsp3) is 0.200. The van der Waals surface area contributed by atoms with E-state index in [0.29, 0.717) is 11.9 Å². The lowest BCUT2D eigenvalue weighted by molar-refractivity contribution is -0.141. The first-order chi connectivity index (χ1) is 9.27. The van der Waals surface area contributed by atoms with Crippen molar-refractivity contribution >= 4 is 11.9 Å². The summed E-state index contributed by atoms with van der Waals surface area (Å²) in [7, 11) is 0.